The molecule has 1 aliphatic heterocycles. The van der Waals surface area contributed by atoms with Crippen molar-refractivity contribution in [3.8, 4) is 0 Å². The zero-order valence-electron chi connectivity index (χ0n) is 15.8. The van der Waals surface area contributed by atoms with Crippen LogP contribution < -0.4 is 5.32 Å². The fraction of sp³-hybridized carbons (Fsp3) is 0.174. The van der Waals surface area contributed by atoms with E-state index in [9.17, 15) is 14.4 Å². The Kier molecular flexibility index (Phi) is 4.43. The fourth-order valence-corrected chi connectivity index (χ4v) is 3.60. The van der Waals surface area contributed by atoms with E-state index in [1.165, 1.54) is 4.90 Å². The Labute approximate surface area is 163 Å². The highest BCUT2D eigenvalue weighted by Crippen LogP contribution is 2.30. The average Bonchev–Trinajstić information content (AvgIpc) is 2.69. The number of anilines is 1. The van der Waals surface area contributed by atoms with Gasteiger partial charge in [-0.05, 0) is 48.6 Å². The number of rotatable bonds is 4. The van der Waals surface area contributed by atoms with Crippen molar-refractivity contribution in [3.05, 3.63) is 76.9 Å². The fourth-order valence-electron chi connectivity index (χ4n) is 3.60. The van der Waals surface area contributed by atoms with Crippen molar-refractivity contribution in [1.82, 2.24) is 4.90 Å². The summed E-state index contributed by atoms with van der Waals surface area (Å²) in [6.07, 6.45) is 0.0446. The number of hydrogen-bond acceptors (Lipinski definition) is 3. The lowest BCUT2D eigenvalue weighted by Gasteiger charge is -2.27. The number of carbonyl (C=O) groups excluding carboxylic acids is 3. The molecule has 3 aromatic carbocycles. The SMILES string of the molecule is Cc1cccc(NC(=O)CCN2C(=O)c3cccc4cccc(c34)C2=O)c1C. The van der Waals surface area contributed by atoms with Gasteiger partial charge in [-0.25, -0.2) is 0 Å². The highest BCUT2D eigenvalue weighted by molar-refractivity contribution is 6.25. The van der Waals surface area contributed by atoms with E-state index in [4.69, 9.17) is 0 Å². The predicted molar refractivity (Wildman–Crippen MR) is 108 cm³/mol. The lowest BCUT2D eigenvalue weighted by Crippen LogP contribution is -2.41. The molecule has 0 bridgehead atoms. The maximum Gasteiger partial charge on any atom is 0.261 e. The number of nitrogens with one attached hydrogen (secondary N) is 1. The highest BCUT2D eigenvalue weighted by atomic mass is 16.2. The molecule has 5 nitrogen and oxygen atoms in total. The monoisotopic (exact) mass is 372 g/mol. The topological polar surface area (TPSA) is 66.5 Å². The van der Waals surface area contributed by atoms with Crippen molar-refractivity contribution >= 4 is 34.2 Å². The Morgan fingerprint density at radius 3 is 2.14 bits per heavy atom. The zero-order valence-corrected chi connectivity index (χ0v) is 15.8. The summed E-state index contributed by atoms with van der Waals surface area (Å²) in [6, 6.07) is 16.5. The third-order valence-corrected chi connectivity index (χ3v) is 5.30. The van der Waals surface area contributed by atoms with E-state index < -0.39 is 0 Å². The van der Waals surface area contributed by atoms with Gasteiger partial charge in [0.25, 0.3) is 11.8 Å². The van der Waals surface area contributed by atoms with Crippen LogP contribution in [-0.4, -0.2) is 29.2 Å². The van der Waals surface area contributed by atoms with Crippen LogP contribution in [0.5, 0.6) is 0 Å². The van der Waals surface area contributed by atoms with Gasteiger partial charge in [0.05, 0.1) is 0 Å². The van der Waals surface area contributed by atoms with Gasteiger partial charge in [-0.15, -0.1) is 0 Å². The Hall–Kier alpha value is -3.47. The summed E-state index contributed by atoms with van der Waals surface area (Å²) in [4.78, 5) is 39.3. The van der Waals surface area contributed by atoms with Gasteiger partial charge in [0.15, 0.2) is 0 Å². The third kappa shape index (κ3) is 2.95. The van der Waals surface area contributed by atoms with Gasteiger partial charge in [0.1, 0.15) is 0 Å². The summed E-state index contributed by atoms with van der Waals surface area (Å²) in [5.74, 6) is -0.936. The first-order valence-corrected chi connectivity index (χ1v) is 9.21. The van der Waals surface area contributed by atoms with Crippen molar-refractivity contribution in [2.75, 3.05) is 11.9 Å². The lowest BCUT2D eigenvalue weighted by molar-refractivity contribution is -0.116. The Morgan fingerprint density at radius 1 is 0.893 bits per heavy atom. The van der Waals surface area contributed by atoms with Crippen molar-refractivity contribution in [1.29, 1.82) is 0 Å². The molecule has 0 saturated heterocycles. The Balaban J connectivity index is 1.53. The van der Waals surface area contributed by atoms with Gasteiger partial charge in [0.2, 0.25) is 5.91 Å². The second kappa shape index (κ2) is 6.93. The standard InChI is InChI=1S/C23H20N2O3/c1-14-6-3-11-19(15(14)2)24-20(26)12-13-25-22(27)17-9-4-7-16-8-5-10-18(21(16)17)23(25)28/h3-11H,12-13H2,1-2H3,(H,24,26). The predicted octanol–water partition coefficient (Wildman–Crippen LogP) is 4.08. The quantitative estimate of drug-likeness (QED) is 0.702. The molecule has 3 amide bonds. The first kappa shape index (κ1) is 17.9. The molecule has 0 radical (unpaired) electrons. The first-order chi connectivity index (χ1) is 13.5. The van der Waals surface area contributed by atoms with Crippen molar-refractivity contribution in [2.45, 2.75) is 20.3 Å². The molecule has 28 heavy (non-hydrogen) atoms. The van der Waals surface area contributed by atoms with Crippen LogP contribution >= 0.6 is 0 Å². The molecular weight excluding hydrogens is 352 g/mol. The molecule has 0 saturated carbocycles. The molecule has 1 N–H and O–H groups in total. The maximum absolute atomic E-state index is 12.9. The first-order valence-electron chi connectivity index (χ1n) is 9.21. The van der Waals surface area contributed by atoms with Crippen LogP contribution in [-0.2, 0) is 4.79 Å². The van der Waals surface area contributed by atoms with Crippen LogP contribution in [0.25, 0.3) is 10.8 Å². The zero-order chi connectivity index (χ0) is 19.8. The molecular formula is C23H20N2O3. The van der Waals surface area contributed by atoms with Crippen LogP contribution in [0.15, 0.2) is 54.6 Å². The minimum atomic E-state index is -0.353. The molecule has 4 rings (SSSR count). The summed E-state index contributed by atoms with van der Waals surface area (Å²) in [5, 5.41) is 4.43. The molecule has 3 aromatic rings. The van der Waals surface area contributed by atoms with Crippen LogP contribution in [0.1, 0.15) is 38.3 Å². The van der Waals surface area contributed by atoms with Gasteiger partial charge in [-0.3, -0.25) is 19.3 Å². The van der Waals surface area contributed by atoms with Crippen LogP contribution in [0, 0.1) is 13.8 Å². The average molecular weight is 372 g/mol. The van der Waals surface area contributed by atoms with Crippen molar-refractivity contribution < 1.29 is 14.4 Å². The number of benzene rings is 3. The number of nitrogens with zero attached hydrogens (tertiary/aromatic N) is 1. The molecule has 0 atom stereocenters. The smallest absolute Gasteiger partial charge is 0.261 e. The second-order valence-corrected chi connectivity index (χ2v) is 7.02. The lowest BCUT2D eigenvalue weighted by atomic mass is 9.94. The Bertz CT molecular complexity index is 1080. The van der Waals surface area contributed by atoms with E-state index in [0.29, 0.717) is 16.5 Å². The third-order valence-electron chi connectivity index (χ3n) is 5.30. The van der Waals surface area contributed by atoms with Gasteiger partial charge in [-0.2, -0.15) is 0 Å². The van der Waals surface area contributed by atoms with E-state index in [1.807, 2.05) is 44.2 Å². The Morgan fingerprint density at radius 2 is 1.50 bits per heavy atom. The normalized spacial score (nSPS) is 13.1. The molecule has 0 aliphatic carbocycles. The summed E-state index contributed by atoms with van der Waals surface area (Å²) >= 11 is 0. The number of aryl methyl sites for hydroxylation is 1. The highest BCUT2D eigenvalue weighted by Gasteiger charge is 2.32. The van der Waals surface area contributed by atoms with E-state index >= 15 is 0 Å². The second-order valence-electron chi connectivity index (χ2n) is 7.02. The van der Waals surface area contributed by atoms with Crippen LogP contribution in [0.2, 0.25) is 0 Å². The summed E-state index contributed by atoms with van der Waals surface area (Å²) in [7, 11) is 0. The van der Waals surface area contributed by atoms with E-state index in [-0.39, 0.29) is 30.7 Å². The molecule has 1 heterocycles. The summed E-state index contributed by atoms with van der Waals surface area (Å²) < 4.78 is 0. The van der Waals surface area contributed by atoms with Gasteiger partial charge >= 0.3 is 0 Å². The number of amides is 3. The van der Waals surface area contributed by atoms with E-state index in [1.54, 1.807) is 24.3 Å². The largest absolute Gasteiger partial charge is 0.326 e. The minimum Gasteiger partial charge on any atom is -0.326 e. The molecule has 140 valence electrons. The van der Waals surface area contributed by atoms with Gasteiger partial charge in [0, 0.05) is 35.2 Å². The minimum absolute atomic E-state index is 0.0408. The molecule has 1 aliphatic rings. The number of imide groups is 1. The van der Waals surface area contributed by atoms with Crippen molar-refractivity contribution in [3.63, 3.8) is 0 Å². The summed E-state index contributed by atoms with van der Waals surface area (Å²) in [5.41, 5.74) is 3.84. The van der Waals surface area contributed by atoms with Crippen LogP contribution in [0.3, 0.4) is 0 Å². The van der Waals surface area contributed by atoms with Gasteiger partial charge < -0.3 is 5.32 Å². The van der Waals surface area contributed by atoms with Gasteiger partial charge in [-0.1, -0.05) is 36.4 Å². The number of hydrogen-bond donors (Lipinski definition) is 1. The molecule has 0 fully saturated rings. The summed E-state index contributed by atoms with van der Waals surface area (Å²) in [6.45, 7) is 3.97. The molecule has 0 aromatic heterocycles. The molecule has 0 unspecified atom stereocenters. The molecule has 0 spiro atoms. The van der Waals surface area contributed by atoms with E-state index in [0.717, 1.165) is 22.2 Å². The van der Waals surface area contributed by atoms with Crippen LogP contribution in [0.4, 0.5) is 5.69 Å². The van der Waals surface area contributed by atoms with Crippen molar-refractivity contribution in [2.24, 2.45) is 0 Å². The maximum atomic E-state index is 12.9. The van der Waals surface area contributed by atoms with E-state index in [2.05, 4.69) is 5.32 Å². The number of carbonyl (C=O) groups is 3. The molecule has 5 heteroatoms.